The highest BCUT2D eigenvalue weighted by atomic mass is 35.5. The number of nitrogens with zero attached hydrogens (tertiary/aromatic N) is 2. The topological polar surface area (TPSA) is 63.0 Å². The maximum Gasteiger partial charge on any atom is 0.339 e. The van der Waals surface area contributed by atoms with E-state index < -0.39 is 5.97 Å². The highest BCUT2D eigenvalue weighted by molar-refractivity contribution is 8.03. The van der Waals surface area contributed by atoms with Gasteiger partial charge in [-0.1, -0.05) is 30.5 Å². The molecule has 0 unspecified atom stereocenters. The van der Waals surface area contributed by atoms with Gasteiger partial charge in [0.2, 0.25) is 5.29 Å². The second-order valence-electron chi connectivity index (χ2n) is 4.18. The van der Waals surface area contributed by atoms with Crippen LogP contribution in [-0.4, -0.2) is 30.6 Å². The quantitative estimate of drug-likeness (QED) is 0.302. The molecule has 0 amide bonds. The number of carbonyl (C=O) groups excluding carboxylic acids is 1. The highest BCUT2D eigenvalue weighted by Crippen LogP contribution is 2.30. The fourth-order valence-electron chi connectivity index (χ4n) is 1.68. The Morgan fingerprint density at radius 2 is 2.23 bits per heavy atom. The second kappa shape index (κ2) is 7.82. The van der Waals surface area contributed by atoms with Gasteiger partial charge >= 0.3 is 5.97 Å². The van der Waals surface area contributed by atoms with Crippen molar-refractivity contribution in [3.05, 3.63) is 53.7 Å². The minimum Gasteiger partial charge on any atom is -0.465 e. The molecule has 1 aromatic carbocycles. The summed E-state index contributed by atoms with van der Waals surface area (Å²) in [7, 11) is 1.34. The van der Waals surface area contributed by atoms with Crippen LogP contribution in [-0.2, 0) is 4.74 Å². The average molecular weight is 336 g/mol. The molecule has 0 atom stereocenters. The van der Waals surface area contributed by atoms with Gasteiger partial charge in [0.25, 0.3) is 0 Å². The van der Waals surface area contributed by atoms with Gasteiger partial charge in [-0.05, 0) is 36.0 Å². The first-order chi connectivity index (χ1) is 10.6. The Balaban J connectivity index is 2.11. The number of aliphatic imine (C=N–C) groups is 2. The Bertz CT molecular complexity index is 683. The van der Waals surface area contributed by atoms with Crippen LogP contribution in [0.25, 0.3) is 0 Å². The molecule has 22 heavy (non-hydrogen) atoms. The molecule has 1 heterocycles. The lowest BCUT2D eigenvalue weighted by Gasteiger charge is -2.06. The second-order valence-corrected chi connectivity index (χ2v) is 5.64. The first-order valence-electron chi connectivity index (χ1n) is 6.36. The van der Waals surface area contributed by atoms with Crippen molar-refractivity contribution in [1.29, 1.82) is 0 Å². The van der Waals surface area contributed by atoms with Crippen molar-refractivity contribution in [2.45, 2.75) is 4.90 Å². The summed E-state index contributed by atoms with van der Waals surface area (Å²) in [5.41, 5.74) is 1.25. The summed E-state index contributed by atoms with van der Waals surface area (Å²) in [6.07, 6.45) is 3.61. The van der Waals surface area contributed by atoms with Crippen LogP contribution >= 0.6 is 23.4 Å². The summed E-state index contributed by atoms with van der Waals surface area (Å²) < 4.78 is 4.75. The number of thioether (sulfide) groups is 1. The number of nitrogens with one attached hydrogen (secondary N) is 1. The van der Waals surface area contributed by atoms with Gasteiger partial charge in [0.15, 0.2) is 0 Å². The van der Waals surface area contributed by atoms with Gasteiger partial charge in [-0.3, -0.25) is 0 Å². The van der Waals surface area contributed by atoms with Gasteiger partial charge in [-0.25, -0.2) is 14.8 Å². The van der Waals surface area contributed by atoms with Gasteiger partial charge in [0.1, 0.15) is 0 Å². The van der Waals surface area contributed by atoms with Gasteiger partial charge < -0.3 is 10.1 Å². The average Bonchev–Trinajstić information content (AvgIpc) is 2.99. The lowest BCUT2D eigenvalue weighted by atomic mass is 10.2. The zero-order chi connectivity index (χ0) is 15.9. The molecule has 114 valence electrons. The van der Waals surface area contributed by atoms with E-state index in [1.165, 1.54) is 18.9 Å². The number of esters is 1. The first-order valence-corrected chi connectivity index (χ1v) is 7.55. The molecule has 0 saturated heterocycles. The molecular weight excluding hydrogens is 322 g/mol. The van der Waals surface area contributed by atoms with Gasteiger partial charge in [0, 0.05) is 4.90 Å². The van der Waals surface area contributed by atoms with E-state index in [2.05, 4.69) is 21.9 Å². The number of ether oxygens (including phenoxy) is 1. The summed E-state index contributed by atoms with van der Waals surface area (Å²) in [5.74, 6) is -0.409. The summed E-state index contributed by atoms with van der Waals surface area (Å²) >= 11 is 7.22. The van der Waals surface area contributed by atoms with E-state index in [0.29, 0.717) is 22.0 Å². The standard InChI is InChI=1S/C15H14ClN3O2S/c1-10(18-15(16)19-11-7-8-17-9-11)22-13-6-4-3-5-12(13)14(20)21-2/h3-8,17H,1,9H2,2H3/b18-15-,19-11-. The number of hydrogen-bond acceptors (Lipinski definition) is 5. The fourth-order valence-corrected chi connectivity index (χ4v) is 2.74. The highest BCUT2D eigenvalue weighted by Gasteiger charge is 2.12. The Kier molecular flexibility index (Phi) is 5.80. The van der Waals surface area contributed by atoms with Gasteiger partial charge in [0.05, 0.1) is 30.0 Å². The number of hydrogen-bond donors (Lipinski definition) is 1. The predicted octanol–water partition coefficient (Wildman–Crippen LogP) is 3.19. The van der Waals surface area contributed by atoms with Crippen LogP contribution in [0.3, 0.4) is 0 Å². The number of halogens is 1. The largest absolute Gasteiger partial charge is 0.465 e. The molecule has 1 aliphatic heterocycles. The molecule has 0 aromatic heterocycles. The molecule has 0 spiro atoms. The van der Waals surface area contributed by atoms with Crippen LogP contribution in [0.15, 0.2) is 63.0 Å². The van der Waals surface area contributed by atoms with Crippen LogP contribution in [0.5, 0.6) is 0 Å². The normalized spacial score (nSPS) is 15.7. The van der Waals surface area contributed by atoms with Crippen LogP contribution in [0, 0.1) is 0 Å². The molecule has 1 aromatic rings. The molecule has 5 nitrogen and oxygen atoms in total. The van der Waals surface area contributed by atoms with Crippen LogP contribution < -0.4 is 5.32 Å². The number of methoxy groups -OCH3 is 1. The third-order valence-electron chi connectivity index (χ3n) is 2.65. The summed E-state index contributed by atoms with van der Waals surface area (Å²) in [6, 6.07) is 7.06. The monoisotopic (exact) mass is 335 g/mol. The van der Waals surface area contributed by atoms with Crippen LogP contribution in [0.1, 0.15) is 10.4 Å². The van der Waals surface area contributed by atoms with E-state index in [1.807, 2.05) is 12.1 Å². The summed E-state index contributed by atoms with van der Waals surface area (Å²) in [6.45, 7) is 4.45. The van der Waals surface area contributed by atoms with Crippen molar-refractivity contribution in [1.82, 2.24) is 5.32 Å². The Morgan fingerprint density at radius 3 is 2.91 bits per heavy atom. The molecule has 1 N–H and O–H groups in total. The predicted molar refractivity (Wildman–Crippen MR) is 90.6 cm³/mol. The Hall–Kier alpha value is -2.05. The molecule has 7 heteroatoms. The van der Waals surface area contributed by atoms with Gasteiger partial charge in [-0.15, -0.1) is 0 Å². The van der Waals surface area contributed by atoms with E-state index in [9.17, 15) is 4.79 Å². The molecule has 0 bridgehead atoms. The van der Waals surface area contributed by atoms with Crippen molar-refractivity contribution in [3.8, 4) is 0 Å². The van der Waals surface area contributed by atoms with E-state index in [4.69, 9.17) is 16.3 Å². The summed E-state index contributed by atoms with van der Waals surface area (Å²) in [5, 5.41) is 3.52. The molecule has 0 saturated carbocycles. The van der Waals surface area contributed by atoms with E-state index in [0.717, 1.165) is 5.71 Å². The minimum atomic E-state index is -0.409. The smallest absolute Gasteiger partial charge is 0.339 e. The maximum absolute atomic E-state index is 11.7. The van der Waals surface area contributed by atoms with Gasteiger partial charge in [-0.2, -0.15) is 0 Å². The zero-order valence-corrected chi connectivity index (χ0v) is 13.4. The molecule has 0 radical (unpaired) electrons. The third-order valence-corrected chi connectivity index (χ3v) is 3.72. The Labute approximate surface area is 137 Å². The lowest BCUT2D eigenvalue weighted by Crippen LogP contribution is -2.08. The summed E-state index contributed by atoms with van der Waals surface area (Å²) in [4.78, 5) is 20.7. The maximum atomic E-state index is 11.7. The van der Waals surface area contributed by atoms with Crippen molar-refractivity contribution in [2.24, 2.45) is 9.98 Å². The Morgan fingerprint density at radius 1 is 1.45 bits per heavy atom. The minimum absolute atomic E-state index is 0.0939. The van der Waals surface area contributed by atoms with Crippen molar-refractivity contribution in [3.63, 3.8) is 0 Å². The lowest BCUT2D eigenvalue weighted by molar-refractivity contribution is 0.0597. The van der Waals surface area contributed by atoms with Crippen molar-refractivity contribution < 1.29 is 9.53 Å². The van der Waals surface area contributed by atoms with Crippen LogP contribution in [0.4, 0.5) is 0 Å². The number of carbonyl (C=O) groups is 1. The van der Waals surface area contributed by atoms with E-state index in [-0.39, 0.29) is 5.29 Å². The first kappa shape index (κ1) is 16.3. The molecular formula is C15H14ClN3O2S. The molecule has 0 aliphatic carbocycles. The SMILES string of the molecule is C=C(/N=C(Cl)\N=C1\C=CNC1)Sc1ccccc1C(=O)OC. The number of rotatable bonds is 4. The molecule has 2 rings (SSSR count). The van der Waals surface area contributed by atoms with E-state index in [1.54, 1.807) is 24.4 Å². The fraction of sp³-hybridized carbons (Fsp3) is 0.133. The number of amidine groups is 1. The van der Waals surface area contributed by atoms with Crippen LogP contribution in [0.2, 0.25) is 0 Å². The molecule has 1 aliphatic rings. The van der Waals surface area contributed by atoms with Crippen molar-refractivity contribution in [2.75, 3.05) is 13.7 Å². The zero-order valence-electron chi connectivity index (χ0n) is 11.9. The van der Waals surface area contributed by atoms with Crippen molar-refractivity contribution >= 4 is 40.3 Å². The third kappa shape index (κ3) is 4.47. The molecule has 0 fully saturated rings. The number of benzene rings is 1. The van der Waals surface area contributed by atoms with E-state index >= 15 is 0 Å².